The molecule has 25 heavy (non-hydrogen) atoms. The van der Waals surface area contributed by atoms with Crippen molar-refractivity contribution in [3.05, 3.63) is 82.4 Å². The lowest BCUT2D eigenvalue weighted by molar-refractivity contribution is 0.414. The number of benzene rings is 2. The summed E-state index contributed by atoms with van der Waals surface area (Å²) in [6.07, 6.45) is 1.74. The molecule has 3 aromatic rings. The van der Waals surface area contributed by atoms with Crippen molar-refractivity contribution >= 4 is 17.3 Å². The van der Waals surface area contributed by atoms with Gasteiger partial charge in [0.2, 0.25) is 0 Å². The molecule has 2 aromatic carbocycles. The molecule has 0 saturated carbocycles. The highest BCUT2D eigenvalue weighted by atomic mass is 35.5. The fourth-order valence-electron chi connectivity index (χ4n) is 3.09. The number of nitrogens with zero attached hydrogens (tertiary/aromatic N) is 2. The minimum atomic E-state index is -0.435. The van der Waals surface area contributed by atoms with E-state index in [-0.39, 0.29) is 5.02 Å². The van der Waals surface area contributed by atoms with E-state index in [0.717, 1.165) is 39.4 Å². The molecule has 0 radical (unpaired) electrons. The minimum Gasteiger partial charge on any atom is -0.496 e. The van der Waals surface area contributed by atoms with Crippen LogP contribution >= 0.6 is 11.6 Å². The van der Waals surface area contributed by atoms with E-state index in [4.69, 9.17) is 16.3 Å². The summed E-state index contributed by atoms with van der Waals surface area (Å²) in [7, 11) is 1.64. The van der Waals surface area contributed by atoms with Crippen LogP contribution in [-0.2, 0) is 6.54 Å². The molecule has 3 nitrogen and oxygen atoms in total. The highest BCUT2D eigenvalue weighted by molar-refractivity contribution is 6.31. The molecule has 0 atom stereocenters. The average molecular weight is 353 g/mol. The number of methoxy groups -OCH3 is 1. The molecule has 2 heterocycles. The number of para-hydroxylation sites is 1. The average Bonchev–Trinajstić information content (AvgIpc) is 3.08. The smallest absolute Gasteiger partial charge is 0.141 e. The Morgan fingerprint density at radius 2 is 1.92 bits per heavy atom. The number of halogens is 2. The van der Waals surface area contributed by atoms with Crippen molar-refractivity contribution in [2.45, 2.75) is 6.54 Å². The lowest BCUT2D eigenvalue weighted by Gasteiger charge is -2.13. The number of hydrogen-bond donors (Lipinski definition) is 0. The number of aliphatic imine (C=N–C) groups is 1. The fourth-order valence-corrected chi connectivity index (χ4v) is 3.27. The van der Waals surface area contributed by atoms with E-state index in [9.17, 15) is 4.39 Å². The van der Waals surface area contributed by atoms with Crippen LogP contribution in [0.5, 0.6) is 5.75 Å². The van der Waals surface area contributed by atoms with Crippen molar-refractivity contribution in [3.63, 3.8) is 0 Å². The van der Waals surface area contributed by atoms with Crippen LogP contribution < -0.4 is 4.74 Å². The second-order valence-electron chi connectivity index (χ2n) is 5.67. The van der Waals surface area contributed by atoms with Crippen LogP contribution in [0.1, 0.15) is 16.8 Å². The van der Waals surface area contributed by atoms with Gasteiger partial charge in [0.15, 0.2) is 0 Å². The van der Waals surface area contributed by atoms with Crippen LogP contribution in [0.4, 0.5) is 4.39 Å². The zero-order chi connectivity index (χ0) is 17.4. The fraction of sp³-hybridized carbons (Fsp3) is 0.100. The van der Waals surface area contributed by atoms with Gasteiger partial charge in [0.05, 0.1) is 30.1 Å². The first-order valence-electron chi connectivity index (χ1n) is 7.80. The molecule has 1 aromatic heterocycles. The predicted octanol–water partition coefficient (Wildman–Crippen LogP) is 4.90. The number of ether oxygens (including phenoxy) is 1. The quantitative estimate of drug-likeness (QED) is 0.672. The Hall–Kier alpha value is -2.72. The number of pyridine rings is 1. The van der Waals surface area contributed by atoms with Gasteiger partial charge in [-0.1, -0.05) is 29.8 Å². The van der Waals surface area contributed by atoms with Gasteiger partial charge < -0.3 is 4.74 Å². The van der Waals surface area contributed by atoms with Crippen LogP contribution in [0, 0.1) is 5.82 Å². The van der Waals surface area contributed by atoms with Crippen LogP contribution in [-0.4, -0.2) is 17.8 Å². The maximum Gasteiger partial charge on any atom is 0.141 e. The first-order valence-corrected chi connectivity index (χ1v) is 8.18. The van der Waals surface area contributed by atoms with Crippen molar-refractivity contribution in [3.8, 4) is 16.9 Å². The number of hydrogen-bond acceptors (Lipinski definition) is 3. The first kappa shape index (κ1) is 15.8. The summed E-state index contributed by atoms with van der Waals surface area (Å²) in [5.41, 5.74) is 5.32. The topological polar surface area (TPSA) is 34.5 Å². The highest BCUT2D eigenvalue weighted by Crippen LogP contribution is 2.35. The van der Waals surface area contributed by atoms with Gasteiger partial charge in [0, 0.05) is 17.3 Å². The lowest BCUT2D eigenvalue weighted by atomic mass is 9.93. The van der Waals surface area contributed by atoms with E-state index in [1.807, 2.05) is 30.3 Å². The second kappa shape index (κ2) is 6.30. The number of rotatable bonds is 3. The summed E-state index contributed by atoms with van der Waals surface area (Å²) in [5.74, 6) is 0.316. The largest absolute Gasteiger partial charge is 0.496 e. The summed E-state index contributed by atoms with van der Waals surface area (Å²) in [6.45, 7) is 0.505. The number of fused-ring (bicyclic) bond motifs is 1. The van der Waals surface area contributed by atoms with E-state index in [2.05, 4.69) is 9.98 Å². The molecule has 1 aliphatic rings. The van der Waals surface area contributed by atoms with Crippen molar-refractivity contribution in [2.24, 2.45) is 4.99 Å². The van der Waals surface area contributed by atoms with Crippen molar-refractivity contribution < 1.29 is 9.13 Å². The van der Waals surface area contributed by atoms with Crippen LogP contribution in [0.15, 0.2) is 59.7 Å². The third kappa shape index (κ3) is 2.68. The Morgan fingerprint density at radius 3 is 2.72 bits per heavy atom. The normalized spacial score (nSPS) is 12.7. The molecule has 4 rings (SSSR count). The molecule has 1 aliphatic heterocycles. The molecule has 0 amide bonds. The predicted molar refractivity (Wildman–Crippen MR) is 97.0 cm³/mol. The van der Waals surface area contributed by atoms with E-state index in [0.29, 0.717) is 6.54 Å². The standard InChI is InChI=1S/C20H14ClFN2O/c1-25-18-5-3-2-4-14(18)20-19-13(8-9-23-17(19)11-24-20)12-6-7-16(22)15(21)10-12/h2-10H,11H2,1H3. The van der Waals surface area contributed by atoms with E-state index in [1.54, 1.807) is 25.4 Å². The summed E-state index contributed by atoms with van der Waals surface area (Å²) in [4.78, 5) is 9.13. The first-order chi connectivity index (χ1) is 12.2. The summed E-state index contributed by atoms with van der Waals surface area (Å²) >= 11 is 5.97. The van der Waals surface area contributed by atoms with Crippen LogP contribution in [0.3, 0.4) is 0 Å². The molecule has 0 bridgehead atoms. The Bertz CT molecular complexity index is 1000. The van der Waals surface area contributed by atoms with Gasteiger partial charge in [-0.05, 0) is 41.5 Å². The molecule has 5 heteroatoms. The highest BCUT2D eigenvalue weighted by Gasteiger charge is 2.25. The summed E-state index contributed by atoms with van der Waals surface area (Å²) < 4.78 is 19.0. The molecule has 0 spiro atoms. The molecule has 124 valence electrons. The molecule has 0 N–H and O–H groups in total. The number of aromatic nitrogens is 1. The monoisotopic (exact) mass is 352 g/mol. The van der Waals surface area contributed by atoms with Gasteiger partial charge in [0.25, 0.3) is 0 Å². The minimum absolute atomic E-state index is 0.0943. The molecule has 0 aliphatic carbocycles. The maximum absolute atomic E-state index is 13.5. The van der Waals surface area contributed by atoms with Gasteiger partial charge in [-0.2, -0.15) is 0 Å². The van der Waals surface area contributed by atoms with Crippen LogP contribution in [0.2, 0.25) is 5.02 Å². The molecule has 0 unspecified atom stereocenters. The Kier molecular flexibility index (Phi) is 3.98. The zero-order valence-corrected chi connectivity index (χ0v) is 14.2. The zero-order valence-electron chi connectivity index (χ0n) is 13.5. The SMILES string of the molecule is COc1ccccc1C1=NCc2nccc(-c3ccc(F)c(Cl)c3)c21. The summed E-state index contributed by atoms with van der Waals surface area (Å²) in [6, 6.07) is 14.4. The van der Waals surface area contributed by atoms with Crippen LogP contribution in [0.25, 0.3) is 11.1 Å². The third-order valence-electron chi connectivity index (χ3n) is 4.25. The van der Waals surface area contributed by atoms with Crippen molar-refractivity contribution in [1.29, 1.82) is 0 Å². The lowest BCUT2D eigenvalue weighted by Crippen LogP contribution is -2.06. The summed E-state index contributed by atoms with van der Waals surface area (Å²) in [5, 5.41) is 0.0943. The van der Waals surface area contributed by atoms with E-state index >= 15 is 0 Å². The second-order valence-corrected chi connectivity index (χ2v) is 6.08. The van der Waals surface area contributed by atoms with E-state index < -0.39 is 5.82 Å². The molecule has 0 fully saturated rings. The van der Waals surface area contributed by atoms with Gasteiger partial charge in [-0.15, -0.1) is 0 Å². The van der Waals surface area contributed by atoms with Gasteiger partial charge >= 0.3 is 0 Å². The molecular weight excluding hydrogens is 339 g/mol. The van der Waals surface area contributed by atoms with Gasteiger partial charge in [0.1, 0.15) is 11.6 Å². The van der Waals surface area contributed by atoms with Crippen molar-refractivity contribution in [1.82, 2.24) is 4.98 Å². The van der Waals surface area contributed by atoms with Crippen molar-refractivity contribution in [2.75, 3.05) is 7.11 Å². The Labute approximate surface area is 149 Å². The Balaban J connectivity index is 1.91. The molecular formula is C20H14ClFN2O. The van der Waals surface area contributed by atoms with E-state index in [1.165, 1.54) is 6.07 Å². The van der Waals surface area contributed by atoms with Gasteiger partial charge in [-0.3, -0.25) is 9.98 Å². The Morgan fingerprint density at radius 1 is 1.08 bits per heavy atom. The maximum atomic E-state index is 13.5. The van der Waals surface area contributed by atoms with Gasteiger partial charge in [-0.25, -0.2) is 4.39 Å². The third-order valence-corrected chi connectivity index (χ3v) is 4.54. The molecule has 0 saturated heterocycles.